The zero-order valence-electron chi connectivity index (χ0n) is 20.0. The molecule has 0 radical (unpaired) electrons. The number of aromatic nitrogens is 2. The highest BCUT2D eigenvalue weighted by Crippen LogP contribution is 2.34. The van der Waals surface area contributed by atoms with E-state index in [4.69, 9.17) is 14.5 Å². The maximum absolute atomic E-state index is 12.4. The summed E-state index contributed by atoms with van der Waals surface area (Å²) in [5.41, 5.74) is 1.23. The molecule has 8 heteroatoms. The van der Waals surface area contributed by atoms with Crippen LogP contribution < -0.4 is 4.74 Å². The lowest BCUT2D eigenvalue weighted by molar-refractivity contribution is -0.119. The van der Waals surface area contributed by atoms with Crippen LogP contribution in [0.25, 0.3) is 0 Å². The minimum Gasteiger partial charge on any atom is -0.468 e. The molecular formula is C25H37N3O3S2. The molecule has 0 unspecified atom stereocenters. The summed E-state index contributed by atoms with van der Waals surface area (Å²) in [6.45, 7) is 6.56. The number of carbonyl (C=O) groups is 1. The number of hydrogen-bond donors (Lipinski definition) is 0. The Balaban J connectivity index is 1.12. The first kappa shape index (κ1) is 24.8. The second-order valence-electron chi connectivity index (χ2n) is 9.47. The van der Waals surface area contributed by atoms with Crippen LogP contribution in [-0.4, -0.2) is 60.6 Å². The quantitative estimate of drug-likeness (QED) is 0.423. The maximum Gasteiger partial charge on any atom is 0.273 e. The summed E-state index contributed by atoms with van der Waals surface area (Å²) < 4.78 is 10.8. The Morgan fingerprint density at radius 3 is 2.67 bits per heavy atom. The Morgan fingerprint density at radius 2 is 1.91 bits per heavy atom. The van der Waals surface area contributed by atoms with Crippen molar-refractivity contribution in [1.82, 2.24) is 14.9 Å². The van der Waals surface area contributed by atoms with E-state index in [-0.39, 0.29) is 0 Å². The molecule has 0 saturated heterocycles. The zero-order valence-corrected chi connectivity index (χ0v) is 21.6. The standard InChI is InChI=1S/C25H37N3O3S2/c1-18-26-17-22(32-18)16-21(29)15-20-5-3-19(4-6-20)7-10-28-11-8-23-24(9-12-28)33-25(27-23)31-14-13-30-2/h17,19-20H,3-16H2,1-2H3. The minimum atomic E-state index is 0.389. The molecule has 0 atom stereocenters. The molecule has 182 valence electrons. The van der Waals surface area contributed by atoms with Crippen LogP contribution in [0.3, 0.4) is 0 Å². The van der Waals surface area contributed by atoms with Crippen molar-refractivity contribution < 1.29 is 14.3 Å². The van der Waals surface area contributed by atoms with Crippen molar-refractivity contribution in [1.29, 1.82) is 0 Å². The van der Waals surface area contributed by atoms with Crippen molar-refractivity contribution in [3.8, 4) is 5.19 Å². The first-order valence-corrected chi connectivity index (χ1v) is 14.0. The third-order valence-corrected chi connectivity index (χ3v) is 8.95. The van der Waals surface area contributed by atoms with E-state index in [2.05, 4.69) is 9.88 Å². The van der Waals surface area contributed by atoms with Gasteiger partial charge < -0.3 is 14.4 Å². The summed E-state index contributed by atoms with van der Waals surface area (Å²) in [4.78, 5) is 26.5. The van der Waals surface area contributed by atoms with Gasteiger partial charge in [0.2, 0.25) is 0 Å². The average molecular weight is 492 g/mol. The first-order valence-electron chi connectivity index (χ1n) is 12.3. The van der Waals surface area contributed by atoms with Gasteiger partial charge in [-0.2, -0.15) is 0 Å². The highest BCUT2D eigenvalue weighted by Gasteiger charge is 2.25. The molecule has 1 saturated carbocycles. The molecule has 1 aliphatic carbocycles. The van der Waals surface area contributed by atoms with Gasteiger partial charge in [-0.05, 0) is 51.0 Å². The summed E-state index contributed by atoms with van der Waals surface area (Å²) >= 11 is 3.36. The maximum atomic E-state index is 12.4. The largest absolute Gasteiger partial charge is 0.468 e. The van der Waals surface area contributed by atoms with Crippen LogP contribution in [0, 0.1) is 18.8 Å². The van der Waals surface area contributed by atoms with Crippen LogP contribution in [0.2, 0.25) is 0 Å². The third kappa shape index (κ3) is 7.57. The highest BCUT2D eigenvalue weighted by molar-refractivity contribution is 7.13. The Labute approximate surface area is 205 Å². The topological polar surface area (TPSA) is 64.6 Å². The second-order valence-corrected chi connectivity index (χ2v) is 11.8. The number of nitrogens with zero attached hydrogens (tertiary/aromatic N) is 3. The number of methoxy groups -OCH3 is 1. The van der Waals surface area contributed by atoms with Crippen LogP contribution >= 0.6 is 22.7 Å². The Bertz CT molecular complexity index is 864. The molecule has 0 amide bonds. The molecule has 1 aliphatic heterocycles. The number of aryl methyl sites for hydroxylation is 1. The number of hydrogen-bond acceptors (Lipinski definition) is 8. The monoisotopic (exact) mass is 491 g/mol. The third-order valence-electron chi connectivity index (χ3n) is 6.97. The SMILES string of the molecule is COCCOc1nc2c(s1)CCN(CCC1CCC(CC(=O)Cc3cnc(C)s3)CC1)CC2. The summed E-state index contributed by atoms with van der Waals surface area (Å²) in [6.07, 6.45) is 11.6. The molecule has 6 nitrogen and oxygen atoms in total. The van der Waals surface area contributed by atoms with Gasteiger partial charge in [0.25, 0.3) is 5.19 Å². The fourth-order valence-electron chi connectivity index (χ4n) is 5.05. The lowest BCUT2D eigenvalue weighted by Crippen LogP contribution is -2.30. The fraction of sp³-hybridized carbons (Fsp3) is 0.720. The molecule has 33 heavy (non-hydrogen) atoms. The van der Waals surface area contributed by atoms with Crippen LogP contribution in [0.4, 0.5) is 0 Å². The van der Waals surface area contributed by atoms with E-state index < -0.39 is 0 Å². The molecule has 4 rings (SSSR count). The molecule has 0 aromatic carbocycles. The van der Waals surface area contributed by atoms with E-state index in [1.165, 1.54) is 49.2 Å². The lowest BCUT2D eigenvalue weighted by atomic mass is 9.78. The predicted molar refractivity (Wildman–Crippen MR) is 134 cm³/mol. The normalized spacial score (nSPS) is 21.5. The average Bonchev–Trinajstić information content (AvgIpc) is 3.34. The number of carbonyl (C=O) groups excluding carboxylic acids is 1. The van der Waals surface area contributed by atoms with E-state index in [1.807, 2.05) is 13.1 Å². The van der Waals surface area contributed by atoms with Gasteiger partial charge in [-0.15, -0.1) is 11.3 Å². The Hall–Kier alpha value is -1.35. The van der Waals surface area contributed by atoms with Crippen molar-refractivity contribution in [2.45, 2.75) is 64.7 Å². The Kier molecular flexibility index (Phi) is 9.29. The van der Waals surface area contributed by atoms with E-state index in [9.17, 15) is 4.79 Å². The summed E-state index contributed by atoms with van der Waals surface area (Å²) in [6, 6.07) is 0. The molecule has 0 spiro atoms. The number of ether oxygens (including phenoxy) is 2. The smallest absolute Gasteiger partial charge is 0.273 e. The molecular weight excluding hydrogens is 454 g/mol. The van der Waals surface area contributed by atoms with Gasteiger partial charge in [0.1, 0.15) is 12.4 Å². The summed E-state index contributed by atoms with van der Waals surface area (Å²) in [7, 11) is 1.69. The van der Waals surface area contributed by atoms with E-state index >= 15 is 0 Å². The van der Waals surface area contributed by atoms with E-state index in [0.29, 0.717) is 31.3 Å². The number of rotatable bonds is 11. The number of thiazole rings is 2. The molecule has 1 fully saturated rings. The first-order chi connectivity index (χ1) is 16.1. The van der Waals surface area contributed by atoms with Gasteiger partial charge in [-0.25, -0.2) is 9.97 Å². The number of fused-ring (bicyclic) bond motifs is 1. The predicted octanol–water partition coefficient (Wildman–Crippen LogP) is 4.73. The molecule has 0 bridgehead atoms. The van der Waals surface area contributed by atoms with Crippen LogP contribution in [0.15, 0.2) is 6.20 Å². The minimum absolute atomic E-state index is 0.389. The van der Waals surface area contributed by atoms with Crippen molar-refractivity contribution in [3.63, 3.8) is 0 Å². The van der Waals surface area contributed by atoms with Crippen LogP contribution in [0.5, 0.6) is 5.19 Å². The number of ketones is 1. The fourth-order valence-corrected chi connectivity index (χ4v) is 6.84. The second kappa shape index (κ2) is 12.4. The van der Waals surface area contributed by atoms with Gasteiger partial charge in [0.15, 0.2) is 0 Å². The lowest BCUT2D eigenvalue weighted by Gasteiger charge is -2.30. The van der Waals surface area contributed by atoms with Crippen molar-refractivity contribution in [3.05, 3.63) is 26.7 Å². The summed E-state index contributed by atoms with van der Waals surface area (Å²) in [5.74, 6) is 1.79. The Morgan fingerprint density at radius 1 is 1.12 bits per heavy atom. The van der Waals surface area contributed by atoms with Gasteiger partial charge in [0.05, 0.1) is 17.3 Å². The molecule has 3 heterocycles. The number of Topliss-reactive ketones (excluding diaryl/α,β-unsaturated/α-hetero) is 1. The van der Waals surface area contributed by atoms with Crippen molar-refractivity contribution in [2.24, 2.45) is 11.8 Å². The molecule has 2 aromatic rings. The molecule has 2 aromatic heterocycles. The van der Waals surface area contributed by atoms with E-state index in [0.717, 1.165) is 53.3 Å². The highest BCUT2D eigenvalue weighted by atomic mass is 32.1. The summed E-state index contributed by atoms with van der Waals surface area (Å²) in [5, 5.41) is 1.84. The van der Waals surface area contributed by atoms with Crippen molar-refractivity contribution >= 4 is 28.5 Å². The van der Waals surface area contributed by atoms with E-state index in [1.54, 1.807) is 29.8 Å². The van der Waals surface area contributed by atoms with Crippen LogP contribution in [-0.2, 0) is 28.8 Å². The van der Waals surface area contributed by atoms with Crippen LogP contribution in [0.1, 0.15) is 59.0 Å². The zero-order chi connectivity index (χ0) is 23.0. The van der Waals surface area contributed by atoms with Gasteiger partial charge in [-0.1, -0.05) is 24.2 Å². The molecule has 0 N–H and O–H groups in total. The molecule has 2 aliphatic rings. The van der Waals surface area contributed by atoms with Crippen molar-refractivity contribution in [2.75, 3.05) is 40.0 Å². The van der Waals surface area contributed by atoms with Gasteiger partial charge in [0, 0.05) is 55.4 Å². The van der Waals surface area contributed by atoms with Gasteiger partial charge in [-0.3, -0.25) is 4.79 Å². The van der Waals surface area contributed by atoms with Gasteiger partial charge >= 0.3 is 0 Å².